The van der Waals surface area contributed by atoms with Crippen LogP contribution in [0.15, 0.2) is 11.5 Å². The van der Waals surface area contributed by atoms with Crippen molar-refractivity contribution in [3.63, 3.8) is 0 Å². The summed E-state index contributed by atoms with van der Waals surface area (Å²) in [6.07, 6.45) is 4.00. The number of aromatic nitrogens is 3. The van der Waals surface area contributed by atoms with E-state index < -0.39 is 5.54 Å². The summed E-state index contributed by atoms with van der Waals surface area (Å²) in [6, 6.07) is 0.244. The summed E-state index contributed by atoms with van der Waals surface area (Å²) in [4.78, 5) is 16.2. The SMILES string of the molecule is COC(=O)C1(NC(C)C)CCC(Sc2ncn[nH]2)C1. The van der Waals surface area contributed by atoms with Gasteiger partial charge in [-0.3, -0.25) is 15.2 Å². The normalized spacial score (nSPS) is 26.8. The molecule has 1 aromatic rings. The predicted octanol–water partition coefficient (Wildman–Crippen LogP) is 1.36. The van der Waals surface area contributed by atoms with E-state index in [9.17, 15) is 4.79 Å². The molecule has 106 valence electrons. The van der Waals surface area contributed by atoms with Crippen LogP contribution in [0.25, 0.3) is 0 Å². The molecule has 19 heavy (non-hydrogen) atoms. The quantitative estimate of drug-likeness (QED) is 0.795. The number of nitrogens with one attached hydrogen (secondary N) is 2. The lowest BCUT2D eigenvalue weighted by molar-refractivity contribution is -0.148. The molecule has 0 aliphatic heterocycles. The summed E-state index contributed by atoms with van der Waals surface area (Å²) in [6.45, 7) is 4.09. The number of ether oxygens (including phenoxy) is 1. The van der Waals surface area contributed by atoms with Gasteiger partial charge in [-0.05, 0) is 33.1 Å². The van der Waals surface area contributed by atoms with Crippen LogP contribution in [-0.2, 0) is 9.53 Å². The van der Waals surface area contributed by atoms with E-state index in [0.717, 1.165) is 24.4 Å². The minimum Gasteiger partial charge on any atom is -0.468 e. The summed E-state index contributed by atoms with van der Waals surface area (Å²) >= 11 is 1.64. The van der Waals surface area contributed by atoms with Crippen molar-refractivity contribution in [3.8, 4) is 0 Å². The Morgan fingerprint density at radius 2 is 2.47 bits per heavy atom. The number of hydrogen-bond donors (Lipinski definition) is 2. The van der Waals surface area contributed by atoms with Gasteiger partial charge in [0.15, 0.2) is 5.16 Å². The fourth-order valence-electron chi connectivity index (χ4n) is 2.63. The lowest BCUT2D eigenvalue weighted by atomic mass is 9.97. The predicted molar refractivity (Wildman–Crippen MR) is 72.9 cm³/mol. The molecule has 0 saturated heterocycles. The zero-order valence-electron chi connectivity index (χ0n) is 11.5. The van der Waals surface area contributed by atoms with Gasteiger partial charge in [-0.2, -0.15) is 5.10 Å². The van der Waals surface area contributed by atoms with Crippen molar-refractivity contribution in [3.05, 3.63) is 6.33 Å². The molecule has 2 rings (SSSR count). The molecule has 0 aromatic carbocycles. The first kappa shape index (κ1) is 14.3. The highest BCUT2D eigenvalue weighted by atomic mass is 32.2. The number of carbonyl (C=O) groups is 1. The standard InChI is InChI=1S/C12H20N4O2S/c1-8(2)15-12(10(17)18-3)5-4-9(6-12)19-11-13-7-14-16-11/h7-9,15H,4-6H2,1-3H3,(H,13,14,16). The van der Waals surface area contributed by atoms with Gasteiger partial charge in [0, 0.05) is 11.3 Å². The molecule has 0 spiro atoms. The molecule has 6 nitrogen and oxygen atoms in total. The first-order chi connectivity index (χ1) is 9.05. The van der Waals surface area contributed by atoms with Gasteiger partial charge in [-0.1, -0.05) is 11.8 Å². The van der Waals surface area contributed by atoms with Crippen LogP contribution in [-0.4, -0.2) is 45.1 Å². The summed E-state index contributed by atoms with van der Waals surface area (Å²) < 4.78 is 4.98. The Morgan fingerprint density at radius 1 is 1.68 bits per heavy atom. The summed E-state index contributed by atoms with van der Waals surface area (Å²) in [5.41, 5.74) is -0.555. The molecule has 1 aliphatic rings. The van der Waals surface area contributed by atoms with Crippen LogP contribution in [0.2, 0.25) is 0 Å². The van der Waals surface area contributed by atoms with E-state index in [1.54, 1.807) is 11.8 Å². The highest BCUT2D eigenvalue weighted by Gasteiger charge is 2.46. The van der Waals surface area contributed by atoms with Crippen molar-refractivity contribution in [2.75, 3.05) is 7.11 Å². The number of rotatable bonds is 5. The van der Waals surface area contributed by atoms with Gasteiger partial charge in [-0.25, -0.2) is 4.98 Å². The van der Waals surface area contributed by atoms with Crippen LogP contribution in [0.1, 0.15) is 33.1 Å². The van der Waals surface area contributed by atoms with Gasteiger partial charge in [0.2, 0.25) is 0 Å². The summed E-state index contributed by atoms with van der Waals surface area (Å²) in [5, 5.41) is 11.2. The van der Waals surface area contributed by atoms with Crippen LogP contribution < -0.4 is 5.32 Å². The monoisotopic (exact) mass is 284 g/mol. The average Bonchev–Trinajstić information content (AvgIpc) is 2.99. The molecule has 1 saturated carbocycles. The molecule has 7 heteroatoms. The number of nitrogens with zero attached hydrogens (tertiary/aromatic N) is 2. The van der Waals surface area contributed by atoms with E-state index in [2.05, 4.69) is 20.5 Å². The van der Waals surface area contributed by atoms with Crippen molar-refractivity contribution >= 4 is 17.7 Å². The highest BCUT2D eigenvalue weighted by molar-refractivity contribution is 7.99. The van der Waals surface area contributed by atoms with Crippen molar-refractivity contribution in [1.29, 1.82) is 0 Å². The zero-order valence-corrected chi connectivity index (χ0v) is 12.3. The number of carbonyl (C=O) groups excluding carboxylic acids is 1. The smallest absolute Gasteiger partial charge is 0.326 e. The Hall–Kier alpha value is -1.08. The molecule has 0 bridgehead atoms. The molecule has 1 aromatic heterocycles. The van der Waals surface area contributed by atoms with E-state index in [1.807, 2.05) is 13.8 Å². The summed E-state index contributed by atoms with van der Waals surface area (Å²) in [5.74, 6) is -0.165. The zero-order chi connectivity index (χ0) is 13.9. The van der Waals surface area contributed by atoms with Crippen molar-refractivity contribution < 1.29 is 9.53 Å². The second-order valence-electron chi connectivity index (χ2n) is 5.15. The van der Waals surface area contributed by atoms with Crippen LogP contribution in [0.5, 0.6) is 0 Å². The number of H-pyrrole nitrogens is 1. The minimum atomic E-state index is -0.555. The van der Waals surface area contributed by atoms with E-state index in [4.69, 9.17) is 4.74 Å². The van der Waals surface area contributed by atoms with Crippen molar-refractivity contribution in [1.82, 2.24) is 20.5 Å². The molecule has 1 fully saturated rings. The van der Waals surface area contributed by atoms with E-state index in [-0.39, 0.29) is 12.0 Å². The minimum absolute atomic E-state index is 0.165. The molecule has 2 atom stereocenters. The van der Waals surface area contributed by atoms with E-state index in [1.165, 1.54) is 13.4 Å². The van der Waals surface area contributed by atoms with Gasteiger partial charge in [0.05, 0.1) is 7.11 Å². The molecule has 0 radical (unpaired) electrons. The maximum absolute atomic E-state index is 12.1. The molecule has 2 unspecified atom stereocenters. The molecule has 1 heterocycles. The number of esters is 1. The Balaban J connectivity index is 2.04. The topological polar surface area (TPSA) is 79.9 Å². The lowest BCUT2D eigenvalue weighted by Crippen LogP contribution is -2.53. The lowest BCUT2D eigenvalue weighted by Gasteiger charge is -2.29. The molecule has 0 amide bonds. The Kier molecular flexibility index (Phi) is 4.46. The van der Waals surface area contributed by atoms with Gasteiger partial charge >= 0.3 is 5.97 Å². The third-order valence-electron chi connectivity index (χ3n) is 3.28. The van der Waals surface area contributed by atoms with Gasteiger partial charge < -0.3 is 4.74 Å². The Morgan fingerprint density at radius 3 is 3.05 bits per heavy atom. The molecule has 1 aliphatic carbocycles. The Bertz CT molecular complexity index is 423. The van der Waals surface area contributed by atoms with Crippen LogP contribution in [0.3, 0.4) is 0 Å². The fraction of sp³-hybridized carbons (Fsp3) is 0.750. The first-order valence-electron chi connectivity index (χ1n) is 6.44. The van der Waals surface area contributed by atoms with Gasteiger partial charge in [0.25, 0.3) is 0 Å². The number of methoxy groups -OCH3 is 1. The second-order valence-corrected chi connectivity index (χ2v) is 6.44. The molecular weight excluding hydrogens is 264 g/mol. The third kappa shape index (κ3) is 3.27. The van der Waals surface area contributed by atoms with Crippen LogP contribution >= 0.6 is 11.8 Å². The van der Waals surface area contributed by atoms with Crippen LogP contribution in [0.4, 0.5) is 0 Å². The maximum Gasteiger partial charge on any atom is 0.326 e. The van der Waals surface area contributed by atoms with Crippen molar-refractivity contribution in [2.24, 2.45) is 0 Å². The van der Waals surface area contributed by atoms with E-state index in [0.29, 0.717) is 5.25 Å². The largest absolute Gasteiger partial charge is 0.468 e. The number of thioether (sulfide) groups is 1. The fourth-order valence-corrected chi connectivity index (χ4v) is 3.77. The number of hydrogen-bond acceptors (Lipinski definition) is 6. The molecule has 2 N–H and O–H groups in total. The second kappa shape index (κ2) is 5.92. The van der Waals surface area contributed by atoms with Crippen molar-refractivity contribution in [2.45, 2.75) is 55.1 Å². The van der Waals surface area contributed by atoms with Gasteiger partial charge in [0.1, 0.15) is 11.9 Å². The first-order valence-corrected chi connectivity index (χ1v) is 7.32. The average molecular weight is 284 g/mol. The maximum atomic E-state index is 12.1. The Labute approximate surface area is 117 Å². The van der Waals surface area contributed by atoms with Gasteiger partial charge in [-0.15, -0.1) is 0 Å². The molecular formula is C12H20N4O2S. The number of aromatic amines is 1. The summed E-state index contributed by atoms with van der Waals surface area (Å²) in [7, 11) is 1.45. The van der Waals surface area contributed by atoms with Crippen LogP contribution in [0, 0.1) is 0 Å². The highest BCUT2D eigenvalue weighted by Crippen LogP contribution is 2.40. The van der Waals surface area contributed by atoms with E-state index >= 15 is 0 Å². The third-order valence-corrected chi connectivity index (χ3v) is 4.44.